The number of benzene rings is 1. The molecule has 0 aliphatic heterocycles. The van der Waals surface area contributed by atoms with Gasteiger partial charge in [-0.15, -0.1) is 0 Å². The molecule has 1 rings (SSSR count). The molecular formula is C14H21FN2O3. The Balaban J connectivity index is 2.44. The van der Waals surface area contributed by atoms with E-state index in [1.54, 1.807) is 0 Å². The Bertz CT molecular complexity index is 452. The smallest absolute Gasteiger partial charge is 0.319 e. The highest BCUT2D eigenvalue weighted by Crippen LogP contribution is 2.19. The van der Waals surface area contributed by atoms with Gasteiger partial charge < -0.3 is 20.5 Å². The fourth-order valence-electron chi connectivity index (χ4n) is 1.59. The average molecular weight is 284 g/mol. The summed E-state index contributed by atoms with van der Waals surface area (Å²) in [7, 11) is 1.42. The van der Waals surface area contributed by atoms with Gasteiger partial charge >= 0.3 is 6.03 Å². The van der Waals surface area contributed by atoms with E-state index in [1.807, 2.05) is 13.8 Å². The number of aliphatic hydroxyl groups excluding tert-OH is 1. The van der Waals surface area contributed by atoms with Gasteiger partial charge in [-0.1, -0.05) is 13.8 Å². The summed E-state index contributed by atoms with van der Waals surface area (Å²) in [5.41, 5.74) is 0.309. The van der Waals surface area contributed by atoms with Crippen LogP contribution in [0.1, 0.15) is 20.3 Å². The highest BCUT2D eigenvalue weighted by atomic mass is 19.1. The monoisotopic (exact) mass is 284 g/mol. The molecule has 0 aromatic heterocycles. The first-order valence-corrected chi connectivity index (χ1v) is 6.50. The Morgan fingerprint density at radius 1 is 1.40 bits per heavy atom. The van der Waals surface area contributed by atoms with E-state index in [0.29, 0.717) is 24.4 Å². The van der Waals surface area contributed by atoms with Crippen molar-refractivity contribution in [3.8, 4) is 5.75 Å². The largest absolute Gasteiger partial charge is 0.497 e. The summed E-state index contributed by atoms with van der Waals surface area (Å²) in [4.78, 5) is 11.6. The lowest BCUT2D eigenvalue weighted by molar-refractivity contribution is 0.117. The number of aliphatic hydroxyl groups is 1. The molecule has 6 heteroatoms. The second-order valence-electron chi connectivity index (χ2n) is 4.86. The Labute approximate surface area is 118 Å². The van der Waals surface area contributed by atoms with Crippen molar-refractivity contribution in [3.05, 3.63) is 24.0 Å². The third-order valence-corrected chi connectivity index (χ3v) is 2.86. The zero-order valence-electron chi connectivity index (χ0n) is 11.9. The summed E-state index contributed by atoms with van der Waals surface area (Å²) in [6.45, 7) is 4.16. The maximum atomic E-state index is 13.2. The number of anilines is 1. The topological polar surface area (TPSA) is 70.6 Å². The molecule has 0 bridgehead atoms. The van der Waals surface area contributed by atoms with Crippen LogP contribution in [0.25, 0.3) is 0 Å². The van der Waals surface area contributed by atoms with Crippen molar-refractivity contribution in [3.63, 3.8) is 0 Å². The third kappa shape index (κ3) is 5.44. The summed E-state index contributed by atoms with van der Waals surface area (Å²) in [6, 6.07) is 3.49. The van der Waals surface area contributed by atoms with Gasteiger partial charge in [0.2, 0.25) is 0 Å². The molecule has 1 atom stereocenters. The number of carbonyl (C=O) groups is 1. The second kappa shape index (κ2) is 7.69. The van der Waals surface area contributed by atoms with Crippen LogP contribution in [0.2, 0.25) is 0 Å². The highest BCUT2D eigenvalue weighted by molar-refractivity contribution is 5.89. The van der Waals surface area contributed by atoms with Crippen molar-refractivity contribution in [2.45, 2.75) is 26.4 Å². The van der Waals surface area contributed by atoms with Crippen molar-refractivity contribution in [2.75, 3.05) is 19.0 Å². The molecular weight excluding hydrogens is 263 g/mol. The number of hydrogen-bond acceptors (Lipinski definition) is 3. The van der Waals surface area contributed by atoms with Crippen LogP contribution in [0.5, 0.6) is 5.75 Å². The van der Waals surface area contributed by atoms with E-state index in [2.05, 4.69) is 10.6 Å². The van der Waals surface area contributed by atoms with Gasteiger partial charge in [0, 0.05) is 24.4 Å². The van der Waals surface area contributed by atoms with Crippen molar-refractivity contribution in [1.29, 1.82) is 0 Å². The van der Waals surface area contributed by atoms with E-state index >= 15 is 0 Å². The molecule has 5 nitrogen and oxygen atoms in total. The number of amides is 2. The molecule has 1 aromatic carbocycles. The van der Waals surface area contributed by atoms with Crippen molar-refractivity contribution in [1.82, 2.24) is 5.32 Å². The van der Waals surface area contributed by atoms with Crippen LogP contribution in [-0.4, -0.2) is 30.9 Å². The number of ether oxygens (including phenoxy) is 1. The molecule has 1 aromatic rings. The van der Waals surface area contributed by atoms with Crippen LogP contribution >= 0.6 is 0 Å². The van der Waals surface area contributed by atoms with Gasteiger partial charge in [0.15, 0.2) is 0 Å². The lowest BCUT2D eigenvalue weighted by Crippen LogP contribution is -2.32. The van der Waals surface area contributed by atoms with E-state index < -0.39 is 18.0 Å². The number of hydrogen-bond donors (Lipinski definition) is 3. The van der Waals surface area contributed by atoms with Gasteiger partial charge in [0.05, 0.1) is 13.2 Å². The molecule has 0 aliphatic carbocycles. The summed E-state index contributed by atoms with van der Waals surface area (Å²) in [5, 5.41) is 14.7. The van der Waals surface area contributed by atoms with E-state index in [1.165, 1.54) is 25.3 Å². The molecule has 20 heavy (non-hydrogen) atoms. The fourth-order valence-corrected chi connectivity index (χ4v) is 1.59. The van der Waals surface area contributed by atoms with Crippen molar-refractivity contribution < 1.29 is 19.0 Å². The number of carbonyl (C=O) groups excluding carboxylic acids is 1. The summed E-state index contributed by atoms with van der Waals surface area (Å²) in [6.07, 6.45) is 0.0157. The molecule has 0 aliphatic rings. The Kier molecular flexibility index (Phi) is 6.24. The zero-order valence-corrected chi connectivity index (χ0v) is 11.9. The maximum absolute atomic E-state index is 13.2. The Morgan fingerprint density at radius 2 is 2.10 bits per heavy atom. The van der Waals surface area contributed by atoms with Gasteiger partial charge in [0.25, 0.3) is 0 Å². The van der Waals surface area contributed by atoms with Gasteiger partial charge in [0.1, 0.15) is 11.6 Å². The number of urea groups is 1. The van der Waals surface area contributed by atoms with Crippen LogP contribution in [0.4, 0.5) is 14.9 Å². The Morgan fingerprint density at radius 3 is 2.70 bits per heavy atom. The molecule has 3 N–H and O–H groups in total. The molecule has 0 saturated carbocycles. The van der Waals surface area contributed by atoms with Crippen molar-refractivity contribution in [2.24, 2.45) is 5.92 Å². The van der Waals surface area contributed by atoms with Crippen molar-refractivity contribution >= 4 is 11.7 Å². The molecule has 112 valence electrons. The number of methoxy groups -OCH3 is 1. The minimum Gasteiger partial charge on any atom is -0.497 e. The first kappa shape index (κ1) is 16.2. The van der Waals surface area contributed by atoms with Gasteiger partial charge in [-0.3, -0.25) is 0 Å². The van der Waals surface area contributed by atoms with E-state index in [-0.39, 0.29) is 5.92 Å². The molecule has 1 unspecified atom stereocenters. The average Bonchev–Trinajstić information content (AvgIpc) is 2.37. The van der Waals surface area contributed by atoms with Crippen LogP contribution < -0.4 is 15.4 Å². The predicted molar refractivity (Wildman–Crippen MR) is 75.4 cm³/mol. The molecule has 0 spiro atoms. The maximum Gasteiger partial charge on any atom is 0.319 e. The van der Waals surface area contributed by atoms with Crippen LogP contribution in [-0.2, 0) is 0 Å². The van der Waals surface area contributed by atoms with E-state index in [9.17, 15) is 14.3 Å². The molecule has 2 amide bonds. The van der Waals surface area contributed by atoms with Gasteiger partial charge in [-0.2, -0.15) is 0 Å². The standard InChI is InChI=1S/C14H21FN2O3/c1-9(2)13(18)4-5-16-14(19)17-11-6-10(15)7-12(8-11)20-3/h6-9,13,18H,4-5H2,1-3H3,(H2,16,17,19). The minimum atomic E-state index is -0.491. The second-order valence-corrected chi connectivity index (χ2v) is 4.86. The predicted octanol–water partition coefficient (Wildman–Crippen LogP) is 2.36. The fraction of sp³-hybridized carbons (Fsp3) is 0.500. The minimum absolute atomic E-state index is 0.146. The van der Waals surface area contributed by atoms with Gasteiger partial charge in [-0.25, -0.2) is 9.18 Å². The lowest BCUT2D eigenvalue weighted by atomic mass is 10.0. The number of rotatable bonds is 6. The van der Waals surface area contributed by atoms with E-state index in [0.717, 1.165) is 0 Å². The first-order chi connectivity index (χ1) is 9.42. The van der Waals surface area contributed by atoms with Crippen LogP contribution in [0, 0.1) is 11.7 Å². The SMILES string of the molecule is COc1cc(F)cc(NC(=O)NCCC(O)C(C)C)c1. The zero-order chi connectivity index (χ0) is 15.1. The van der Waals surface area contributed by atoms with Crippen LogP contribution in [0.3, 0.4) is 0 Å². The summed E-state index contributed by atoms with van der Waals surface area (Å²) < 4.78 is 18.1. The first-order valence-electron chi connectivity index (χ1n) is 6.50. The molecule has 0 fully saturated rings. The quantitative estimate of drug-likeness (QED) is 0.751. The van der Waals surface area contributed by atoms with Gasteiger partial charge in [-0.05, 0) is 18.4 Å². The van der Waals surface area contributed by atoms with Crippen LogP contribution in [0.15, 0.2) is 18.2 Å². The molecule has 0 radical (unpaired) electrons. The Hall–Kier alpha value is -1.82. The number of halogens is 1. The number of nitrogens with one attached hydrogen (secondary N) is 2. The summed E-state index contributed by atoms with van der Waals surface area (Å²) in [5.74, 6) is -0.0160. The normalized spacial score (nSPS) is 12.1. The highest BCUT2D eigenvalue weighted by Gasteiger charge is 2.10. The molecule has 0 heterocycles. The molecule has 0 saturated heterocycles. The third-order valence-electron chi connectivity index (χ3n) is 2.86. The van der Waals surface area contributed by atoms with E-state index in [4.69, 9.17) is 4.74 Å². The lowest BCUT2D eigenvalue weighted by Gasteiger charge is -2.14. The summed E-state index contributed by atoms with van der Waals surface area (Å²) >= 11 is 0.